The van der Waals surface area contributed by atoms with Gasteiger partial charge in [-0.1, -0.05) is 12.2 Å². The van der Waals surface area contributed by atoms with E-state index < -0.39 is 0 Å². The van der Waals surface area contributed by atoms with Crippen LogP contribution in [0.2, 0.25) is 0 Å². The highest BCUT2D eigenvalue weighted by Crippen LogP contribution is 2.20. The van der Waals surface area contributed by atoms with Gasteiger partial charge in [0.1, 0.15) is 0 Å². The molecule has 0 heterocycles. The van der Waals surface area contributed by atoms with Crippen molar-refractivity contribution in [3.05, 3.63) is 42.0 Å². The van der Waals surface area contributed by atoms with Crippen molar-refractivity contribution in [2.45, 2.75) is 26.2 Å². The summed E-state index contributed by atoms with van der Waals surface area (Å²) in [6.07, 6.45) is 6.88. The van der Waals surface area contributed by atoms with E-state index in [9.17, 15) is 9.59 Å². The molecule has 1 aromatic rings. The lowest BCUT2D eigenvalue weighted by molar-refractivity contribution is -0.120. The molecule has 1 atom stereocenters. The van der Waals surface area contributed by atoms with Crippen LogP contribution in [0.4, 0.5) is 5.69 Å². The number of rotatable bonds is 3. The highest BCUT2D eigenvalue weighted by atomic mass is 16.2. The summed E-state index contributed by atoms with van der Waals surface area (Å²) < 4.78 is 0. The number of carbonyl (C=O) groups is 2. The van der Waals surface area contributed by atoms with Gasteiger partial charge in [-0.25, -0.2) is 0 Å². The summed E-state index contributed by atoms with van der Waals surface area (Å²) in [6.45, 7) is 1.53. The third-order valence-corrected chi connectivity index (χ3v) is 3.20. The van der Waals surface area contributed by atoms with Crippen molar-refractivity contribution in [3.8, 4) is 0 Å². The number of hydrogen-bond acceptors (Lipinski definition) is 2. The third kappa shape index (κ3) is 3.06. The molecule has 3 heteroatoms. The standard InChI is InChI=1S/C15H17NO2/c1-11(17)12-7-9-14(10-8-12)16-15(18)13-5-3-2-4-6-13/h2-3,7-10,13H,4-6H2,1H3,(H,16,18). The fourth-order valence-electron chi connectivity index (χ4n) is 2.06. The van der Waals surface area contributed by atoms with Crippen molar-refractivity contribution < 1.29 is 9.59 Å². The van der Waals surface area contributed by atoms with Gasteiger partial charge in [0, 0.05) is 17.2 Å². The first kappa shape index (κ1) is 12.6. The Kier molecular flexibility index (Phi) is 3.92. The molecule has 1 aliphatic rings. The smallest absolute Gasteiger partial charge is 0.227 e. The Balaban J connectivity index is 1.98. The first-order valence-electron chi connectivity index (χ1n) is 6.23. The van der Waals surface area contributed by atoms with Gasteiger partial charge >= 0.3 is 0 Å². The lowest BCUT2D eigenvalue weighted by Gasteiger charge is -2.17. The molecule has 1 unspecified atom stereocenters. The van der Waals surface area contributed by atoms with Crippen molar-refractivity contribution >= 4 is 17.4 Å². The van der Waals surface area contributed by atoms with Crippen LogP contribution >= 0.6 is 0 Å². The van der Waals surface area contributed by atoms with E-state index in [2.05, 4.69) is 17.5 Å². The van der Waals surface area contributed by atoms with E-state index in [1.165, 1.54) is 6.92 Å². The molecule has 0 radical (unpaired) electrons. The third-order valence-electron chi connectivity index (χ3n) is 3.20. The fraction of sp³-hybridized carbons (Fsp3) is 0.333. The lowest BCUT2D eigenvalue weighted by Crippen LogP contribution is -2.23. The van der Waals surface area contributed by atoms with E-state index in [4.69, 9.17) is 0 Å². The number of allylic oxidation sites excluding steroid dienone is 2. The van der Waals surface area contributed by atoms with Gasteiger partial charge in [-0.3, -0.25) is 9.59 Å². The predicted octanol–water partition coefficient (Wildman–Crippen LogP) is 3.18. The summed E-state index contributed by atoms with van der Waals surface area (Å²) in [4.78, 5) is 23.1. The number of hydrogen-bond donors (Lipinski definition) is 1. The zero-order valence-corrected chi connectivity index (χ0v) is 10.5. The Bertz CT molecular complexity index is 474. The van der Waals surface area contributed by atoms with Crippen LogP contribution in [0.25, 0.3) is 0 Å². The Morgan fingerprint density at radius 3 is 2.44 bits per heavy atom. The van der Waals surface area contributed by atoms with Crippen molar-refractivity contribution in [1.29, 1.82) is 0 Å². The summed E-state index contributed by atoms with van der Waals surface area (Å²) in [5.74, 6) is 0.169. The van der Waals surface area contributed by atoms with E-state index in [1.54, 1.807) is 24.3 Å². The van der Waals surface area contributed by atoms with Crippen LogP contribution in [0.5, 0.6) is 0 Å². The zero-order chi connectivity index (χ0) is 13.0. The molecule has 0 aromatic heterocycles. The SMILES string of the molecule is CC(=O)c1ccc(NC(=O)C2CC=CCC2)cc1. The summed E-state index contributed by atoms with van der Waals surface area (Å²) in [6, 6.07) is 7.01. The average molecular weight is 243 g/mol. The molecule has 3 nitrogen and oxygen atoms in total. The molecule has 2 rings (SSSR count). The first-order chi connectivity index (χ1) is 8.66. The van der Waals surface area contributed by atoms with Crippen LogP contribution in [-0.4, -0.2) is 11.7 Å². The van der Waals surface area contributed by atoms with Crippen LogP contribution in [0, 0.1) is 5.92 Å². The summed E-state index contributed by atoms with van der Waals surface area (Å²) in [7, 11) is 0. The van der Waals surface area contributed by atoms with Gasteiger partial charge in [0.05, 0.1) is 0 Å². The van der Waals surface area contributed by atoms with Gasteiger partial charge in [-0.2, -0.15) is 0 Å². The molecule has 18 heavy (non-hydrogen) atoms. The number of anilines is 1. The molecule has 94 valence electrons. The lowest BCUT2D eigenvalue weighted by atomic mass is 9.93. The topological polar surface area (TPSA) is 46.2 Å². The van der Waals surface area contributed by atoms with Crippen molar-refractivity contribution in [2.75, 3.05) is 5.32 Å². The van der Waals surface area contributed by atoms with Gasteiger partial charge < -0.3 is 5.32 Å². The summed E-state index contributed by atoms with van der Waals surface area (Å²) in [5.41, 5.74) is 1.41. The second-order valence-corrected chi connectivity index (χ2v) is 4.60. The minimum absolute atomic E-state index is 0.0327. The van der Waals surface area contributed by atoms with Crippen molar-refractivity contribution in [1.82, 2.24) is 0 Å². The largest absolute Gasteiger partial charge is 0.326 e. The van der Waals surface area contributed by atoms with Gasteiger partial charge in [-0.15, -0.1) is 0 Å². The molecule has 1 aromatic carbocycles. The van der Waals surface area contributed by atoms with Gasteiger partial charge in [-0.05, 0) is 50.5 Å². The second kappa shape index (κ2) is 5.63. The maximum absolute atomic E-state index is 12.0. The number of ketones is 1. The first-order valence-corrected chi connectivity index (χ1v) is 6.23. The molecule has 0 saturated heterocycles. The summed E-state index contributed by atoms with van der Waals surface area (Å²) >= 11 is 0. The molecule has 0 fully saturated rings. The minimum atomic E-state index is 0.0327. The maximum Gasteiger partial charge on any atom is 0.227 e. The van der Waals surface area contributed by atoms with Crippen LogP contribution in [0.1, 0.15) is 36.5 Å². The second-order valence-electron chi connectivity index (χ2n) is 4.60. The Hall–Kier alpha value is -1.90. The number of carbonyl (C=O) groups excluding carboxylic acids is 2. The van der Waals surface area contributed by atoms with Crippen LogP contribution < -0.4 is 5.32 Å². The molecule has 0 saturated carbocycles. The average Bonchev–Trinajstić information content (AvgIpc) is 2.40. The normalized spacial score (nSPS) is 18.4. The van der Waals surface area contributed by atoms with Gasteiger partial charge in [0.25, 0.3) is 0 Å². The van der Waals surface area contributed by atoms with Gasteiger partial charge in [0.2, 0.25) is 5.91 Å². The number of amides is 1. The number of benzene rings is 1. The quantitative estimate of drug-likeness (QED) is 0.654. The van der Waals surface area contributed by atoms with Crippen molar-refractivity contribution in [2.24, 2.45) is 5.92 Å². The Morgan fingerprint density at radius 2 is 1.89 bits per heavy atom. The fourth-order valence-corrected chi connectivity index (χ4v) is 2.06. The number of nitrogens with one attached hydrogen (secondary N) is 1. The van der Waals surface area contributed by atoms with E-state index in [-0.39, 0.29) is 17.6 Å². The van der Waals surface area contributed by atoms with E-state index in [0.29, 0.717) is 5.56 Å². The predicted molar refractivity (Wildman–Crippen MR) is 71.6 cm³/mol. The Morgan fingerprint density at radius 1 is 1.17 bits per heavy atom. The molecule has 0 bridgehead atoms. The molecular weight excluding hydrogens is 226 g/mol. The van der Waals surface area contributed by atoms with Crippen molar-refractivity contribution in [3.63, 3.8) is 0 Å². The Labute approximate surface area is 107 Å². The molecule has 0 spiro atoms. The summed E-state index contributed by atoms with van der Waals surface area (Å²) in [5, 5.41) is 2.89. The highest BCUT2D eigenvalue weighted by Gasteiger charge is 2.18. The van der Waals surface area contributed by atoms with Gasteiger partial charge in [0.15, 0.2) is 5.78 Å². The number of Topliss-reactive ketones (excluding diaryl/α,β-unsaturated/α-hetero) is 1. The van der Waals surface area contributed by atoms with Crippen LogP contribution in [0.15, 0.2) is 36.4 Å². The minimum Gasteiger partial charge on any atom is -0.326 e. The zero-order valence-electron chi connectivity index (χ0n) is 10.5. The molecule has 1 N–H and O–H groups in total. The van der Waals surface area contributed by atoms with Crippen LogP contribution in [0.3, 0.4) is 0 Å². The molecule has 1 aliphatic carbocycles. The highest BCUT2D eigenvalue weighted by molar-refractivity contribution is 5.96. The maximum atomic E-state index is 12.0. The van der Waals surface area contributed by atoms with E-state index in [1.807, 2.05) is 0 Å². The van der Waals surface area contributed by atoms with E-state index >= 15 is 0 Å². The van der Waals surface area contributed by atoms with E-state index in [0.717, 1.165) is 24.9 Å². The molecule has 1 amide bonds. The molecular formula is C15H17NO2. The van der Waals surface area contributed by atoms with Crippen LogP contribution in [-0.2, 0) is 4.79 Å². The monoisotopic (exact) mass is 243 g/mol. The molecule has 0 aliphatic heterocycles.